The number of nitrogens with zero attached hydrogens (tertiary/aromatic N) is 3. The van der Waals surface area contributed by atoms with Crippen LogP contribution in [0.25, 0.3) is 0 Å². The molecular weight excluding hydrogens is 340 g/mol. The second-order valence-electron chi connectivity index (χ2n) is 7.10. The van der Waals surface area contributed by atoms with Gasteiger partial charge in [0.05, 0.1) is 12.5 Å². The molecule has 1 N–H and O–H groups in total. The predicted octanol–water partition coefficient (Wildman–Crippen LogP) is 1.99. The summed E-state index contributed by atoms with van der Waals surface area (Å²) in [5.74, 6) is 0.869. The molecule has 3 rings (SSSR count). The van der Waals surface area contributed by atoms with Gasteiger partial charge in [-0.05, 0) is 18.8 Å². The summed E-state index contributed by atoms with van der Waals surface area (Å²) in [4.78, 5) is 20.8. The van der Waals surface area contributed by atoms with Crippen LogP contribution >= 0.6 is 0 Å². The van der Waals surface area contributed by atoms with E-state index in [1.807, 2.05) is 4.90 Å². The number of sulfonamides is 1. The Kier molecular flexibility index (Phi) is 6.11. The van der Waals surface area contributed by atoms with Crippen LogP contribution in [-0.4, -0.2) is 59.7 Å². The van der Waals surface area contributed by atoms with Gasteiger partial charge < -0.3 is 9.88 Å². The summed E-state index contributed by atoms with van der Waals surface area (Å²) in [6, 6.07) is 0. The van der Waals surface area contributed by atoms with Crippen LogP contribution in [-0.2, 0) is 14.8 Å². The molecule has 8 heteroatoms. The zero-order chi connectivity index (χ0) is 17.7. The van der Waals surface area contributed by atoms with E-state index in [4.69, 9.17) is 0 Å². The fourth-order valence-electron chi connectivity index (χ4n) is 3.87. The van der Waals surface area contributed by atoms with Gasteiger partial charge in [-0.15, -0.1) is 0 Å². The van der Waals surface area contributed by atoms with E-state index in [1.165, 1.54) is 48.9 Å². The van der Waals surface area contributed by atoms with Crippen molar-refractivity contribution >= 4 is 15.9 Å². The fourth-order valence-corrected chi connectivity index (χ4v) is 5.23. The van der Waals surface area contributed by atoms with Crippen molar-refractivity contribution in [3.8, 4) is 0 Å². The number of carbonyl (C=O) groups excluding carboxylic acids is 1. The first-order valence-electron chi connectivity index (χ1n) is 9.33. The van der Waals surface area contributed by atoms with Crippen molar-refractivity contribution in [1.29, 1.82) is 0 Å². The maximum Gasteiger partial charge on any atom is 0.260 e. The number of hydrogen-bond acceptors (Lipinski definition) is 4. The fraction of sp³-hybridized carbons (Fsp3) is 0.765. The van der Waals surface area contributed by atoms with Crippen molar-refractivity contribution < 1.29 is 13.2 Å². The molecule has 1 aliphatic carbocycles. The molecule has 0 bridgehead atoms. The van der Waals surface area contributed by atoms with E-state index in [2.05, 4.69) is 9.97 Å². The molecule has 2 aliphatic rings. The van der Waals surface area contributed by atoms with Crippen LogP contribution in [0.4, 0.5) is 0 Å². The number of H-pyrrole nitrogens is 1. The molecule has 1 saturated carbocycles. The topological polar surface area (TPSA) is 86.4 Å². The highest BCUT2D eigenvalue weighted by molar-refractivity contribution is 7.89. The molecule has 140 valence electrons. The Hall–Kier alpha value is -1.41. The maximum absolute atomic E-state index is 12.6. The highest BCUT2D eigenvalue weighted by Gasteiger charge is 2.29. The van der Waals surface area contributed by atoms with Gasteiger partial charge in [-0.25, -0.2) is 13.4 Å². The van der Waals surface area contributed by atoms with Gasteiger partial charge in [-0.1, -0.05) is 32.1 Å². The smallest absolute Gasteiger partial charge is 0.260 e. The summed E-state index contributed by atoms with van der Waals surface area (Å²) < 4.78 is 26.6. The van der Waals surface area contributed by atoms with E-state index in [1.54, 1.807) is 0 Å². The molecule has 0 aromatic carbocycles. The molecule has 1 aromatic rings. The summed E-state index contributed by atoms with van der Waals surface area (Å²) in [5, 5.41) is 0.115. The van der Waals surface area contributed by atoms with Crippen molar-refractivity contribution in [2.45, 2.75) is 56.4 Å². The summed E-state index contributed by atoms with van der Waals surface area (Å²) in [5.41, 5.74) is 0. The molecule has 2 heterocycles. The molecule has 1 aliphatic heterocycles. The number of hydrogen-bond donors (Lipinski definition) is 1. The van der Waals surface area contributed by atoms with Gasteiger partial charge in [0.2, 0.25) is 5.91 Å². The Morgan fingerprint density at radius 3 is 2.64 bits per heavy atom. The van der Waals surface area contributed by atoms with Crippen LogP contribution < -0.4 is 0 Å². The zero-order valence-electron chi connectivity index (χ0n) is 14.7. The van der Waals surface area contributed by atoms with Crippen molar-refractivity contribution in [3.05, 3.63) is 12.5 Å². The van der Waals surface area contributed by atoms with E-state index in [-0.39, 0.29) is 10.9 Å². The molecule has 0 radical (unpaired) electrons. The van der Waals surface area contributed by atoms with Crippen LogP contribution in [0.1, 0.15) is 51.4 Å². The molecule has 1 saturated heterocycles. The second kappa shape index (κ2) is 8.31. The Morgan fingerprint density at radius 1 is 1.12 bits per heavy atom. The van der Waals surface area contributed by atoms with E-state index in [0.717, 1.165) is 6.42 Å². The molecule has 0 atom stereocenters. The third kappa shape index (κ3) is 4.61. The minimum atomic E-state index is -3.54. The number of aromatic nitrogens is 2. The van der Waals surface area contributed by atoms with Crippen molar-refractivity contribution in [1.82, 2.24) is 19.2 Å². The molecule has 1 amide bonds. The van der Waals surface area contributed by atoms with Gasteiger partial charge in [0.25, 0.3) is 10.0 Å². The third-order valence-electron chi connectivity index (χ3n) is 5.39. The van der Waals surface area contributed by atoms with Crippen LogP contribution in [0.2, 0.25) is 0 Å². The lowest BCUT2D eigenvalue weighted by Gasteiger charge is -2.24. The lowest BCUT2D eigenvalue weighted by molar-refractivity contribution is -0.131. The molecular formula is C17H28N4O3S. The van der Waals surface area contributed by atoms with Gasteiger partial charge in [-0.2, -0.15) is 4.31 Å². The van der Waals surface area contributed by atoms with Gasteiger partial charge >= 0.3 is 0 Å². The van der Waals surface area contributed by atoms with Crippen LogP contribution in [0.15, 0.2) is 17.6 Å². The number of amides is 1. The highest BCUT2D eigenvalue weighted by atomic mass is 32.2. The first-order chi connectivity index (χ1) is 12.1. The Labute approximate surface area is 149 Å². The summed E-state index contributed by atoms with van der Waals surface area (Å²) in [6.07, 6.45) is 11.4. The van der Waals surface area contributed by atoms with Gasteiger partial charge in [0.1, 0.15) is 0 Å². The molecule has 25 heavy (non-hydrogen) atoms. The number of carbonyl (C=O) groups is 1. The normalized spacial score (nSPS) is 21.2. The quantitative estimate of drug-likeness (QED) is 0.861. The van der Waals surface area contributed by atoms with Crippen LogP contribution in [0.3, 0.4) is 0 Å². The lowest BCUT2D eigenvalue weighted by Crippen LogP contribution is -2.37. The SMILES string of the molecule is O=C(CCC1CCCCC1)N1CCCN(S(=O)(=O)c2cnc[nH]2)CC1. The second-order valence-corrected chi connectivity index (χ2v) is 9.00. The number of imidazole rings is 1. The minimum Gasteiger partial charge on any atom is -0.341 e. The maximum atomic E-state index is 12.6. The average Bonchev–Trinajstić information content (AvgIpc) is 3.06. The van der Waals surface area contributed by atoms with Crippen molar-refractivity contribution in [2.24, 2.45) is 5.92 Å². The molecule has 7 nitrogen and oxygen atoms in total. The van der Waals surface area contributed by atoms with Gasteiger partial charge in [0, 0.05) is 32.6 Å². The largest absolute Gasteiger partial charge is 0.341 e. The first-order valence-corrected chi connectivity index (χ1v) is 10.8. The third-order valence-corrected chi connectivity index (χ3v) is 7.21. The number of rotatable bonds is 5. The summed E-state index contributed by atoms with van der Waals surface area (Å²) >= 11 is 0. The monoisotopic (exact) mass is 368 g/mol. The van der Waals surface area contributed by atoms with E-state index in [9.17, 15) is 13.2 Å². The zero-order valence-corrected chi connectivity index (χ0v) is 15.5. The van der Waals surface area contributed by atoms with Crippen LogP contribution in [0.5, 0.6) is 0 Å². The molecule has 1 aromatic heterocycles. The standard InChI is InChI=1S/C17H28N4O3S/c22-17(8-7-15-5-2-1-3-6-15)20-9-4-10-21(12-11-20)25(23,24)16-13-18-14-19-16/h13-15H,1-12H2,(H,18,19). The van der Waals surface area contributed by atoms with Gasteiger partial charge in [0.15, 0.2) is 5.03 Å². The van der Waals surface area contributed by atoms with E-state index >= 15 is 0 Å². The summed E-state index contributed by atoms with van der Waals surface area (Å²) in [7, 11) is -3.54. The molecule has 0 unspecified atom stereocenters. The van der Waals surface area contributed by atoms with Gasteiger partial charge in [-0.3, -0.25) is 4.79 Å². The summed E-state index contributed by atoms with van der Waals surface area (Å²) in [6.45, 7) is 1.89. The Bertz CT molecular complexity index is 653. The lowest BCUT2D eigenvalue weighted by atomic mass is 9.86. The predicted molar refractivity (Wildman–Crippen MR) is 94.4 cm³/mol. The highest BCUT2D eigenvalue weighted by Crippen LogP contribution is 2.27. The van der Waals surface area contributed by atoms with Crippen LogP contribution in [0, 0.1) is 5.92 Å². The number of nitrogens with one attached hydrogen (secondary N) is 1. The molecule has 2 fully saturated rings. The first kappa shape index (κ1) is 18.4. The van der Waals surface area contributed by atoms with Crippen molar-refractivity contribution in [2.75, 3.05) is 26.2 Å². The number of aromatic amines is 1. The van der Waals surface area contributed by atoms with E-state index in [0.29, 0.717) is 44.9 Å². The van der Waals surface area contributed by atoms with E-state index < -0.39 is 10.0 Å². The minimum absolute atomic E-state index is 0.115. The molecule has 0 spiro atoms. The Balaban J connectivity index is 1.51. The van der Waals surface area contributed by atoms with Crippen molar-refractivity contribution in [3.63, 3.8) is 0 Å². The average molecular weight is 369 g/mol. The Morgan fingerprint density at radius 2 is 1.92 bits per heavy atom.